The van der Waals surface area contributed by atoms with Crippen LogP contribution in [0.15, 0.2) is 66.2 Å². The second-order valence-electron chi connectivity index (χ2n) is 8.07. The number of phenols is 3. The summed E-state index contributed by atoms with van der Waals surface area (Å²) in [5, 5.41) is 29.4. The van der Waals surface area contributed by atoms with Crippen LogP contribution in [0.1, 0.15) is 27.6 Å². The molecule has 4 rings (SSSR count). The summed E-state index contributed by atoms with van der Waals surface area (Å²) in [6.07, 6.45) is 1.46. The SMILES string of the molecule is COc1cc(/C=C2\CO[C@@H](c3ccc(O)c(OC)c3)[C@@H]2COC(=O)c2ccc(O)cc2)ccc1O. The second-order valence-corrected chi connectivity index (χ2v) is 8.07. The molecule has 0 amide bonds. The van der Waals surface area contributed by atoms with Crippen molar-refractivity contribution in [2.24, 2.45) is 5.92 Å². The molecular formula is C27H26O8. The molecule has 0 aliphatic carbocycles. The highest BCUT2D eigenvalue weighted by molar-refractivity contribution is 5.89. The van der Waals surface area contributed by atoms with Crippen LogP contribution in [0.5, 0.6) is 28.7 Å². The van der Waals surface area contributed by atoms with E-state index in [4.69, 9.17) is 18.9 Å². The largest absolute Gasteiger partial charge is 0.508 e. The summed E-state index contributed by atoms with van der Waals surface area (Å²) >= 11 is 0. The Bertz CT molecular complexity index is 1230. The Morgan fingerprint density at radius 2 is 1.60 bits per heavy atom. The van der Waals surface area contributed by atoms with Crippen LogP contribution in [0.4, 0.5) is 0 Å². The number of carbonyl (C=O) groups is 1. The number of methoxy groups -OCH3 is 2. The van der Waals surface area contributed by atoms with Crippen molar-refractivity contribution in [2.75, 3.05) is 27.4 Å². The molecule has 1 saturated heterocycles. The lowest BCUT2D eigenvalue weighted by Crippen LogP contribution is -2.19. The van der Waals surface area contributed by atoms with E-state index in [0.29, 0.717) is 23.7 Å². The van der Waals surface area contributed by atoms with Crippen molar-refractivity contribution in [3.05, 3.63) is 82.9 Å². The Hall–Kier alpha value is -4.17. The number of hydrogen-bond donors (Lipinski definition) is 3. The summed E-state index contributed by atoms with van der Waals surface area (Å²) in [5.41, 5.74) is 2.75. The van der Waals surface area contributed by atoms with Gasteiger partial charge in [-0.25, -0.2) is 4.79 Å². The monoisotopic (exact) mass is 478 g/mol. The van der Waals surface area contributed by atoms with E-state index in [2.05, 4.69) is 0 Å². The van der Waals surface area contributed by atoms with E-state index in [1.54, 1.807) is 30.3 Å². The van der Waals surface area contributed by atoms with Gasteiger partial charge in [-0.1, -0.05) is 18.2 Å². The molecule has 1 aliphatic rings. The van der Waals surface area contributed by atoms with Gasteiger partial charge in [0.2, 0.25) is 0 Å². The molecule has 3 aromatic carbocycles. The lowest BCUT2D eigenvalue weighted by Gasteiger charge is -2.20. The normalized spacial score (nSPS) is 18.4. The lowest BCUT2D eigenvalue weighted by molar-refractivity contribution is 0.0315. The average molecular weight is 478 g/mol. The van der Waals surface area contributed by atoms with E-state index >= 15 is 0 Å². The molecule has 8 heteroatoms. The molecule has 35 heavy (non-hydrogen) atoms. The zero-order valence-corrected chi connectivity index (χ0v) is 19.3. The number of benzene rings is 3. The standard InChI is InChI=1S/C27H26O8/c1-32-24-12-16(3-9-22(24)29)11-19-14-34-26(18-6-10-23(30)25(13-18)33-2)21(19)15-35-27(31)17-4-7-20(28)8-5-17/h3-13,21,26,28-30H,14-15H2,1-2H3/b19-11+/t21-,26+/m1/s1. The minimum atomic E-state index is -0.524. The van der Waals surface area contributed by atoms with Gasteiger partial charge in [-0.15, -0.1) is 0 Å². The Kier molecular flexibility index (Phi) is 7.12. The van der Waals surface area contributed by atoms with E-state index < -0.39 is 12.1 Å². The summed E-state index contributed by atoms with van der Waals surface area (Å²) in [6, 6.07) is 15.8. The van der Waals surface area contributed by atoms with Crippen molar-refractivity contribution in [1.82, 2.24) is 0 Å². The molecule has 1 fully saturated rings. The molecule has 1 aliphatic heterocycles. The second kappa shape index (κ2) is 10.4. The zero-order chi connectivity index (χ0) is 24.9. The lowest BCUT2D eigenvalue weighted by atomic mass is 9.91. The maximum atomic E-state index is 12.6. The van der Waals surface area contributed by atoms with Gasteiger partial charge in [0, 0.05) is 5.92 Å². The number of rotatable bonds is 7. The Morgan fingerprint density at radius 3 is 2.29 bits per heavy atom. The molecule has 3 aromatic rings. The maximum absolute atomic E-state index is 12.6. The molecule has 2 atom stereocenters. The molecule has 0 radical (unpaired) electrons. The Balaban J connectivity index is 1.64. The van der Waals surface area contributed by atoms with Gasteiger partial charge in [-0.2, -0.15) is 0 Å². The molecule has 0 bridgehead atoms. The van der Waals surface area contributed by atoms with Crippen molar-refractivity contribution in [1.29, 1.82) is 0 Å². The number of carbonyl (C=O) groups excluding carboxylic acids is 1. The van der Waals surface area contributed by atoms with Crippen molar-refractivity contribution in [3.8, 4) is 28.7 Å². The summed E-state index contributed by atoms with van der Waals surface area (Å²) in [7, 11) is 2.94. The van der Waals surface area contributed by atoms with Crippen molar-refractivity contribution < 1.29 is 39.1 Å². The summed E-state index contributed by atoms with van der Waals surface area (Å²) in [4.78, 5) is 12.6. The van der Waals surface area contributed by atoms with Gasteiger partial charge < -0.3 is 34.3 Å². The van der Waals surface area contributed by atoms with Gasteiger partial charge in [0.05, 0.1) is 32.5 Å². The van der Waals surface area contributed by atoms with Crippen LogP contribution in [-0.2, 0) is 9.47 Å². The first kappa shape index (κ1) is 24.0. The van der Waals surface area contributed by atoms with Crippen LogP contribution in [0.3, 0.4) is 0 Å². The zero-order valence-electron chi connectivity index (χ0n) is 19.3. The first-order valence-electron chi connectivity index (χ1n) is 10.9. The van der Waals surface area contributed by atoms with Gasteiger partial charge in [0.1, 0.15) is 12.4 Å². The first-order chi connectivity index (χ1) is 16.9. The minimum absolute atomic E-state index is 0.0107. The maximum Gasteiger partial charge on any atom is 0.338 e. The highest BCUT2D eigenvalue weighted by Crippen LogP contribution is 2.42. The summed E-state index contributed by atoms with van der Waals surface area (Å²) in [6.45, 7) is 0.326. The van der Waals surface area contributed by atoms with Crippen LogP contribution in [0.25, 0.3) is 6.08 Å². The molecule has 0 unspecified atom stereocenters. The third kappa shape index (κ3) is 5.33. The number of aromatic hydroxyl groups is 3. The van der Waals surface area contributed by atoms with Crippen LogP contribution in [-0.4, -0.2) is 48.7 Å². The third-order valence-electron chi connectivity index (χ3n) is 5.86. The number of hydrogen-bond acceptors (Lipinski definition) is 8. The minimum Gasteiger partial charge on any atom is -0.508 e. The summed E-state index contributed by atoms with van der Waals surface area (Å²) < 4.78 is 22.2. The van der Waals surface area contributed by atoms with Gasteiger partial charge in [0.15, 0.2) is 23.0 Å². The highest BCUT2D eigenvalue weighted by Gasteiger charge is 2.35. The number of ether oxygens (including phenoxy) is 4. The molecule has 0 spiro atoms. The van der Waals surface area contributed by atoms with Gasteiger partial charge in [-0.3, -0.25) is 0 Å². The molecule has 0 aromatic heterocycles. The predicted molar refractivity (Wildman–Crippen MR) is 128 cm³/mol. The van der Waals surface area contributed by atoms with E-state index in [1.807, 2.05) is 6.08 Å². The van der Waals surface area contributed by atoms with Crippen molar-refractivity contribution in [3.63, 3.8) is 0 Å². The Labute approximate surface area is 202 Å². The third-order valence-corrected chi connectivity index (χ3v) is 5.86. The van der Waals surface area contributed by atoms with E-state index in [1.165, 1.54) is 44.6 Å². The van der Waals surface area contributed by atoms with Crippen LogP contribution in [0.2, 0.25) is 0 Å². The van der Waals surface area contributed by atoms with E-state index in [-0.39, 0.29) is 29.8 Å². The Morgan fingerprint density at radius 1 is 0.943 bits per heavy atom. The van der Waals surface area contributed by atoms with E-state index in [9.17, 15) is 20.1 Å². The number of phenolic OH excluding ortho intramolecular Hbond substituents is 3. The summed E-state index contributed by atoms with van der Waals surface area (Å²) in [5.74, 6) is -0.0985. The fourth-order valence-electron chi connectivity index (χ4n) is 3.99. The van der Waals surface area contributed by atoms with E-state index in [0.717, 1.165) is 16.7 Å². The van der Waals surface area contributed by atoms with Gasteiger partial charge in [-0.05, 0) is 65.2 Å². The van der Waals surface area contributed by atoms with Crippen molar-refractivity contribution >= 4 is 12.0 Å². The fraction of sp³-hybridized carbons (Fsp3) is 0.222. The smallest absolute Gasteiger partial charge is 0.338 e. The fourth-order valence-corrected chi connectivity index (χ4v) is 3.99. The first-order valence-corrected chi connectivity index (χ1v) is 10.9. The number of esters is 1. The van der Waals surface area contributed by atoms with Crippen LogP contribution < -0.4 is 9.47 Å². The van der Waals surface area contributed by atoms with Crippen molar-refractivity contribution in [2.45, 2.75) is 6.10 Å². The molecule has 3 N–H and O–H groups in total. The molecule has 0 saturated carbocycles. The molecule has 1 heterocycles. The van der Waals surface area contributed by atoms with Gasteiger partial charge in [0.25, 0.3) is 0 Å². The van der Waals surface area contributed by atoms with Crippen LogP contribution >= 0.6 is 0 Å². The quantitative estimate of drug-likeness (QED) is 0.427. The molecule has 182 valence electrons. The molecular weight excluding hydrogens is 452 g/mol. The average Bonchev–Trinajstić information content (AvgIpc) is 3.26. The van der Waals surface area contributed by atoms with Gasteiger partial charge >= 0.3 is 5.97 Å². The highest BCUT2D eigenvalue weighted by atomic mass is 16.5. The molecule has 8 nitrogen and oxygen atoms in total. The van der Waals surface area contributed by atoms with Crippen LogP contribution in [0, 0.1) is 5.92 Å². The predicted octanol–water partition coefficient (Wildman–Crippen LogP) is 4.45. The topological polar surface area (TPSA) is 115 Å².